The summed E-state index contributed by atoms with van der Waals surface area (Å²) in [5.74, 6) is 0. The van der Waals surface area contributed by atoms with Crippen LogP contribution in [0, 0.1) is 0 Å². The first kappa shape index (κ1) is 12.2. The van der Waals surface area contributed by atoms with E-state index < -0.39 is 0 Å². The molecule has 0 radical (unpaired) electrons. The second-order valence-corrected chi connectivity index (χ2v) is 5.26. The van der Waals surface area contributed by atoms with Crippen LogP contribution < -0.4 is 0 Å². The molecule has 0 aliphatic heterocycles. The van der Waals surface area contributed by atoms with Crippen LogP contribution in [0.4, 0.5) is 0 Å². The minimum atomic E-state index is -0.0210. The lowest BCUT2D eigenvalue weighted by Gasteiger charge is -1.98. The molecule has 1 nitrogen and oxygen atoms in total. The molecule has 1 aromatic carbocycles. The summed E-state index contributed by atoms with van der Waals surface area (Å²) in [7, 11) is -0.0210. The van der Waals surface area contributed by atoms with Crippen LogP contribution in [0.5, 0.6) is 0 Å². The monoisotopic (exact) mass is 220 g/mol. The zero-order valence-electron chi connectivity index (χ0n) is 9.49. The number of hydrogen-bond donors (Lipinski definition) is 0. The van der Waals surface area contributed by atoms with Crippen LogP contribution in [-0.2, 0) is 4.74 Å². The molecule has 0 fully saturated rings. The number of benzene rings is 1. The van der Waals surface area contributed by atoms with E-state index in [4.69, 9.17) is 4.74 Å². The van der Waals surface area contributed by atoms with Crippen molar-refractivity contribution in [3.63, 3.8) is 0 Å². The lowest BCUT2D eigenvalue weighted by molar-refractivity contribution is 0.148. The van der Waals surface area contributed by atoms with Crippen LogP contribution in [0.15, 0.2) is 36.0 Å². The molecule has 0 saturated carbocycles. The minimum Gasteiger partial charge on any atom is -0.382 e. The molecule has 82 valence electrons. The van der Waals surface area contributed by atoms with Crippen molar-refractivity contribution in [2.24, 2.45) is 0 Å². The highest BCUT2D eigenvalue weighted by atomic mass is 28.2. The molecule has 0 amide bonds. The normalized spacial score (nSPS) is 11.8. The molecule has 0 unspecified atom stereocenters. The van der Waals surface area contributed by atoms with Gasteiger partial charge in [0.25, 0.3) is 0 Å². The highest BCUT2D eigenvalue weighted by Gasteiger charge is 1.87. The lowest BCUT2D eigenvalue weighted by atomic mass is 10.2. The van der Waals surface area contributed by atoms with E-state index >= 15 is 0 Å². The Balaban J connectivity index is 2.07. The van der Waals surface area contributed by atoms with Crippen molar-refractivity contribution < 1.29 is 4.74 Å². The van der Waals surface area contributed by atoms with Gasteiger partial charge in [-0.25, -0.2) is 0 Å². The second-order valence-electron chi connectivity index (χ2n) is 3.51. The molecular weight excluding hydrogens is 200 g/mol. The maximum Gasteiger partial charge on any atom is 0.0463 e. The van der Waals surface area contributed by atoms with E-state index in [0.29, 0.717) is 0 Å². The first-order valence-electron chi connectivity index (χ1n) is 5.73. The molecule has 1 rings (SSSR count). The van der Waals surface area contributed by atoms with Gasteiger partial charge < -0.3 is 4.74 Å². The summed E-state index contributed by atoms with van der Waals surface area (Å²) in [6.45, 7) is 3.83. The fourth-order valence-electron chi connectivity index (χ4n) is 1.39. The van der Waals surface area contributed by atoms with Crippen molar-refractivity contribution in [3.8, 4) is 0 Å². The largest absolute Gasteiger partial charge is 0.382 e. The summed E-state index contributed by atoms with van der Waals surface area (Å²) in [5.41, 5.74) is 3.69. The van der Waals surface area contributed by atoms with E-state index in [2.05, 4.69) is 42.1 Å². The highest BCUT2D eigenvalue weighted by molar-refractivity contribution is 6.43. The summed E-state index contributed by atoms with van der Waals surface area (Å²) in [5, 5.41) is 0. The molecule has 0 bridgehead atoms. The average molecular weight is 220 g/mol. The Morgan fingerprint density at radius 3 is 2.80 bits per heavy atom. The quantitative estimate of drug-likeness (QED) is 0.507. The molecule has 0 heterocycles. The van der Waals surface area contributed by atoms with Gasteiger partial charge in [0.15, 0.2) is 0 Å². The fourth-order valence-corrected chi connectivity index (χ4v) is 2.56. The van der Waals surface area contributed by atoms with Crippen LogP contribution in [0.3, 0.4) is 0 Å². The molecule has 1 aromatic rings. The SMILES string of the molecule is CCOCCC[SiH2]C=Cc1ccccc1. The smallest absolute Gasteiger partial charge is 0.0463 e. The van der Waals surface area contributed by atoms with Crippen molar-refractivity contribution in [1.82, 2.24) is 0 Å². The van der Waals surface area contributed by atoms with Crippen LogP contribution in [-0.4, -0.2) is 22.7 Å². The maximum atomic E-state index is 5.30. The third-order valence-corrected chi connectivity index (χ3v) is 3.70. The summed E-state index contributed by atoms with van der Waals surface area (Å²) in [6, 6.07) is 11.9. The summed E-state index contributed by atoms with van der Waals surface area (Å²) in [6.07, 6.45) is 3.46. The van der Waals surface area contributed by atoms with E-state index in [1.54, 1.807) is 0 Å². The molecule has 15 heavy (non-hydrogen) atoms. The van der Waals surface area contributed by atoms with Gasteiger partial charge in [0, 0.05) is 22.7 Å². The van der Waals surface area contributed by atoms with Gasteiger partial charge in [-0.15, -0.1) is 5.70 Å². The van der Waals surface area contributed by atoms with Gasteiger partial charge in [0.05, 0.1) is 0 Å². The molecule has 0 saturated heterocycles. The molecule has 0 aliphatic rings. The Morgan fingerprint density at radius 2 is 2.07 bits per heavy atom. The van der Waals surface area contributed by atoms with E-state index in [1.165, 1.54) is 18.0 Å². The van der Waals surface area contributed by atoms with Gasteiger partial charge in [-0.05, 0) is 18.9 Å². The van der Waals surface area contributed by atoms with Gasteiger partial charge in [0.1, 0.15) is 0 Å². The Labute approximate surface area is 95.0 Å². The third kappa shape index (κ3) is 6.26. The van der Waals surface area contributed by atoms with Gasteiger partial charge in [0.2, 0.25) is 0 Å². The fraction of sp³-hybridized carbons (Fsp3) is 0.385. The van der Waals surface area contributed by atoms with Crippen molar-refractivity contribution in [3.05, 3.63) is 41.6 Å². The van der Waals surface area contributed by atoms with Crippen molar-refractivity contribution in [2.75, 3.05) is 13.2 Å². The van der Waals surface area contributed by atoms with E-state index in [-0.39, 0.29) is 9.52 Å². The molecule has 0 aromatic heterocycles. The third-order valence-electron chi connectivity index (χ3n) is 2.22. The van der Waals surface area contributed by atoms with Crippen molar-refractivity contribution in [2.45, 2.75) is 19.4 Å². The zero-order valence-corrected chi connectivity index (χ0v) is 10.9. The lowest BCUT2D eigenvalue weighted by Crippen LogP contribution is -1.94. The molecule has 0 N–H and O–H groups in total. The standard InChI is InChI=1S/C13H20OSi/c1-2-14-10-6-11-15-12-9-13-7-4-3-5-8-13/h3-5,7-9,12H,2,6,10-11,15H2,1H3. The van der Waals surface area contributed by atoms with Crippen LogP contribution in [0.1, 0.15) is 18.9 Å². The average Bonchev–Trinajstić information content (AvgIpc) is 2.29. The summed E-state index contributed by atoms with van der Waals surface area (Å²) >= 11 is 0. The Morgan fingerprint density at radius 1 is 1.27 bits per heavy atom. The van der Waals surface area contributed by atoms with Gasteiger partial charge in [-0.3, -0.25) is 0 Å². The molecule has 0 aliphatic carbocycles. The second kappa shape index (κ2) is 8.45. The number of rotatable bonds is 7. The predicted octanol–water partition coefficient (Wildman–Crippen LogP) is 2.67. The summed E-state index contributed by atoms with van der Waals surface area (Å²) < 4.78 is 5.30. The van der Waals surface area contributed by atoms with E-state index in [9.17, 15) is 0 Å². The molecule has 2 heteroatoms. The maximum absolute atomic E-state index is 5.30. The Bertz CT molecular complexity index is 269. The first-order valence-corrected chi connectivity index (χ1v) is 7.54. The van der Waals surface area contributed by atoms with Gasteiger partial charge in [-0.1, -0.05) is 42.5 Å². The number of hydrogen-bond acceptors (Lipinski definition) is 1. The molecule has 0 atom stereocenters. The topological polar surface area (TPSA) is 9.23 Å². The summed E-state index contributed by atoms with van der Waals surface area (Å²) in [4.78, 5) is 0. The molecule has 0 spiro atoms. The highest BCUT2D eigenvalue weighted by Crippen LogP contribution is 2.01. The zero-order chi connectivity index (χ0) is 10.8. The van der Waals surface area contributed by atoms with Gasteiger partial charge in [-0.2, -0.15) is 0 Å². The Kier molecular flexibility index (Phi) is 6.87. The number of ether oxygens (including phenoxy) is 1. The first-order chi connectivity index (χ1) is 7.43. The van der Waals surface area contributed by atoms with Crippen molar-refractivity contribution >= 4 is 15.6 Å². The van der Waals surface area contributed by atoms with E-state index in [0.717, 1.165) is 13.2 Å². The Hall–Kier alpha value is -0.863. The van der Waals surface area contributed by atoms with Gasteiger partial charge >= 0.3 is 0 Å². The van der Waals surface area contributed by atoms with Crippen LogP contribution in [0.2, 0.25) is 6.04 Å². The molecular formula is C13H20OSi. The van der Waals surface area contributed by atoms with Crippen LogP contribution >= 0.6 is 0 Å². The minimum absolute atomic E-state index is 0.0210. The van der Waals surface area contributed by atoms with Crippen LogP contribution in [0.25, 0.3) is 6.08 Å². The van der Waals surface area contributed by atoms with E-state index in [1.807, 2.05) is 6.92 Å². The van der Waals surface area contributed by atoms with Crippen molar-refractivity contribution in [1.29, 1.82) is 0 Å². The predicted molar refractivity (Wildman–Crippen MR) is 69.9 cm³/mol.